The second-order valence-corrected chi connectivity index (χ2v) is 4.95. The molecular formula is C11H17ClN6O. The minimum Gasteiger partial charge on any atom is -0.305 e. The molecule has 0 saturated carbocycles. The van der Waals surface area contributed by atoms with Crippen LogP contribution in [0.2, 0.25) is 5.02 Å². The summed E-state index contributed by atoms with van der Waals surface area (Å²) < 4.78 is 1.88. The average Bonchev–Trinajstić information content (AvgIpc) is 2.88. The van der Waals surface area contributed by atoms with Gasteiger partial charge in [-0.15, -0.1) is 0 Å². The number of hydrogen-bond donors (Lipinski definition) is 3. The Labute approximate surface area is 115 Å². The number of halogens is 1. The van der Waals surface area contributed by atoms with Crippen molar-refractivity contribution in [1.29, 1.82) is 0 Å². The Morgan fingerprint density at radius 2 is 2.21 bits per heavy atom. The Morgan fingerprint density at radius 1 is 1.47 bits per heavy atom. The van der Waals surface area contributed by atoms with Gasteiger partial charge in [-0.1, -0.05) is 11.6 Å². The quantitative estimate of drug-likeness (QED) is 0.755. The highest BCUT2D eigenvalue weighted by molar-refractivity contribution is 6.31. The van der Waals surface area contributed by atoms with Crippen molar-refractivity contribution in [3.63, 3.8) is 0 Å². The highest BCUT2D eigenvalue weighted by atomic mass is 35.5. The first-order chi connectivity index (χ1) is 8.97. The highest BCUT2D eigenvalue weighted by Gasteiger charge is 2.11. The normalized spacial score (nSPS) is 12.8. The third kappa shape index (κ3) is 3.24. The predicted octanol–water partition coefficient (Wildman–Crippen LogP) is 0.743. The fraction of sp³-hybridized carbons (Fsp3) is 0.545. The van der Waals surface area contributed by atoms with Gasteiger partial charge in [-0.3, -0.25) is 9.67 Å². The number of aromatic amines is 2. The zero-order valence-electron chi connectivity index (χ0n) is 11.1. The van der Waals surface area contributed by atoms with Crippen molar-refractivity contribution in [2.75, 3.05) is 0 Å². The molecule has 8 heteroatoms. The van der Waals surface area contributed by atoms with Crippen LogP contribution >= 0.6 is 11.6 Å². The molecule has 0 aliphatic rings. The minimum absolute atomic E-state index is 0.175. The van der Waals surface area contributed by atoms with Crippen molar-refractivity contribution < 1.29 is 0 Å². The van der Waals surface area contributed by atoms with Crippen LogP contribution in [0.15, 0.2) is 4.79 Å². The van der Waals surface area contributed by atoms with Crippen molar-refractivity contribution in [3.8, 4) is 0 Å². The van der Waals surface area contributed by atoms with Gasteiger partial charge >= 0.3 is 5.69 Å². The van der Waals surface area contributed by atoms with Crippen LogP contribution in [0, 0.1) is 13.8 Å². The van der Waals surface area contributed by atoms with Gasteiger partial charge in [-0.2, -0.15) is 10.2 Å². The number of nitrogens with one attached hydrogen (secondary N) is 3. The second kappa shape index (κ2) is 5.58. The Kier molecular flexibility index (Phi) is 4.06. The topological polar surface area (TPSA) is 91.4 Å². The monoisotopic (exact) mass is 284 g/mol. The van der Waals surface area contributed by atoms with Crippen molar-refractivity contribution in [2.45, 2.75) is 39.9 Å². The van der Waals surface area contributed by atoms with Crippen molar-refractivity contribution >= 4 is 11.6 Å². The maximum atomic E-state index is 10.9. The van der Waals surface area contributed by atoms with Crippen LogP contribution in [0.4, 0.5) is 0 Å². The molecule has 2 rings (SSSR count). The molecule has 0 aromatic carbocycles. The summed E-state index contributed by atoms with van der Waals surface area (Å²) in [5.74, 6) is 0.586. The molecule has 0 fully saturated rings. The van der Waals surface area contributed by atoms with Gasteiger partial charge in [0.15, 0.2) is 0 Å². The first-order valence-electron chi connectivity index (χ1n) is 6.04. The first kappa shape index (κ1) is 13.8. The summed E-state index contributed by atoms with van der Waals surface area (Å²) in [7, 11) is 0. The Morgan fingerprint density at radius 3 is 2.74 bits per heavy atom. The molecule has 104 valence electrons. The maximum Gasteiger partial charge on any atom is 0.340 e. The highest BCUT2D eigenvalue weighted by Crippen LogP contribution is 2.18. The van der Waals surface area contributed by atoms with Crippen LogP contribution in [0.3, 0.4) is 0 Å². The lowest BCUT2D eigenvalue weighted by Gasteiger charge is -2.13. The number of nitrogens with zero attached hydrogens (tertiary/aromatic N) is 3. The van der Waals surface area contributed by atoms with E-state index in [1.807, 2.05) is 25.5 Å². The smallest absolute Gasteiger partial charge is 0.305 e. The van der Waals surface area contributed by atoms with Crippen LogP contribution in [0.1, 0.15) is 24.1 Å². The molecule has 2 aromatic heterocycles. The fourth-order valence-electron chi connectivity index (χ4n) is 1.84. The zero-order valence-corrected chi connectivity index (χ0v) is 11.9. The summed E-state index contributed by atoms with van der Waals surface area (Å²) >= 11 is 6.10. The van der Waals surface area contributed by atoms with Gasteiger partial charge in [0.25, 0.3) is 0 Å². The third-order valence-corrected chi connectivity index (χ3v) is 3.46. The van der Waals surface area contributed by atoms with E-state index in [0.29, 0.717) is 23.9 Å². The van der Waals surface area contributed by atoms with Gasteiger partial charge in [0.05, 0.1) is 29.5 Å². The Hall–Kier alpha value is -1.60. The molecule has 0 radical (unpaired) electrons. The molecule has 2 aromatic rings. The summed E-state index contributed by atoms with van der Waals surface area (Å²) in [5.41, 5.74) is 1.50. The average molecular weight is 285 g/mol. The summed E-state index contributed by atoms with van der Waals surface area (Å²) in [6.45, 7) is 7.06. The van der Waals surface area contributed by atoms with Crippen molar-refractivity contribution in [3.05, 3.63) is 32.7 Å². The van der Waals surface area contributed by atoms with Gasteiger partial charge < -0.3 is 5.32 Å². The van der Waals surface area contributed by atoms with E-state index < -0.39 is 0 Å². The summed E-state index contributed by atoms with van der Waals surface area (Å²) in [6, 6.07) is 0.175. The molecule has 3 N–H and O–H groups in total. The molecule has 19 heavy (non-hydrogen) atoms. The molecule has 0 unspecified atom stereocenters. The summed E-state index contributed by atoms with van der Waals surface area (Å²) in [5, 5.41) is 14.5. The van der Waals surface area contributed by atoms with Crippen LogP contribution in [-0.2, 0) is 13.1 Å². The molecule has 0 saturated heterocycles. The second-order valence-electron chi connectivity index (χ2n) is 4.57. The molecule has 0 aliphatic carbocycles. The first-order valence-corrected chi connectivity index (χ1v) is 6.41. The zero-order chi connectivity index (χ0) is 14.0. The molecular weight excluding hydrogens is 268 g/mol. The summed E-state index contributed by atoms with van der Waals surface area (Å²) in [6.07, 6.45) is 0. The molecule has 0 bridgehead atoms. The van der Waals surface area contributed by atoms with E-state index in [1.54, 1.807) is 0 Å². The van der Waals surface area contributed by atoms with E-state index in [1.165, 1.54) is 0 Å². The number of aryl methyl sites for hydroxylation is 1. The summed E-state index contributed by atoms with van der Waals surface area (Å²) in [4.78, 5) is 13.5. The minimum atomic E-state index is -0.296. The molecule has 0 spiro atoms. The van der Waals surface area contributed by atoms with Crippen LogP contribution < -0.4 is 11.0 Å². The van der Waals surface area contributed by atoms with Gasteiger partial charge in [-0.25, -0.2) is 9.89 Å². The molecule has 0 amide bonds. The van der Waals surface area contributed by atoms with Crippen molar-refractivity contribution in [2.24, 2.45) is 0 Å². The van der Waals surface area contributed by atoms with Gasteiger partial charge in [0, 0.05) is 6.04 Å². The Bertz CT molecular complexity index is 613. The molecule has 0 aliphatic heterocycles. The van der Waals surface area contributed by atoms with Crippen LogP contribution in [-0.4, -0.2) is 31.0 Å². The predicted molar refractivity (Wildman–Crippen MR) is 72.2 cm³/mol. The van der Waals surface area contributed by atoms with Gasteiger partial charge in [0.2, 0.25) is 0 Å². The third-order valence-electron chi connectivity index (χ3n) is 2.91. The standard InChI is InChI=1S/C11H17ClN6O/c1-6(13-4-9-14-11(19)16-15-9)5-18-8(3)10(12)7(2)17-18/h6,13H,4-5H2,1-3H3,(H2,14,15,16,19)/t6-/m1/s1. The SMILES string of the molecule is Cc1nn(C[C@@H](C)NCc2n[nH]c(=O)[nH]2)c(C)c1Cl. The number of hydrogen-bond acceptors (Lipinski definition) is 4. The number of H-pyrrole nitrogens is 2. The van der Waals surface area contributed by atoms with Gasteiger partial charge in [0.1, 0.15) is 5.82 Å². The molecule has 7 nitrogen and oxygen atoms in total. The van der Waals surface area contributed by atoms with E-state index in [4.69, 9.17) is 11.6 Å². The lowest BCUT2D eigenvalue weighted by molar-refractivity contribution is 0.439. The maximum absolute atomic E-state index is 10.9. The van der Waals surface area contributed by atoms with E-state index in [2.05, 4.69) is 25.6 Å². The largest absolute Gasteiger partial charge is 0.340 e. The van der Waals surface area contributed by atoms with Crippen LogP contribution in [0.25, 0.3) is 0 Å². The fourth-order valence-corrected chi connectivity index (χ4v) is 1.97. The number of aromatic nitrogens is 5. The number of rotatable bonds is 5. The van der Waals surface area contributed by atoms with E-state index >= 15 is 0 Å². The lowest BCUT2D eigenvalue weighted by atomic mass is 10.3. The van der Waals surface area contributed by atoms with Gasteiger partial charge in [-0.05, 0) is 20.8 Å². The lowest BCUT2D eigenvalue weighted by Crippen LogP contribution is -2.31. The van der Waals surface area contributed by atoms with E-state index in [-0.39, 0.29) is 11.7 Å². The van der Waals surface area contributed by atoms with Crippen LogP contribution in [0.5, 0.6) is 0 Å². The van der Waals surface area contributed by atoms with Crippen molar-refractivity contribution in [1.82, 2.24) is 30.3 Å². The molecule has 2 heterocycles. The van der Waals surface area contributed by atoms with E-state index in [0.717, 1.165) is 11.4 Å². The van der Waals surface area contributed by atoms with E-state index in [9.17, 15) is 4.79 Å². The Balaban J connectivity index is 1.92. The molecule has 1 atom stereocenters.